The molecular formula is C18H19N3O. The van der Waals surface area contributed by atoms with Crippen LogP contribution in [0.25, 0.3) is 11.3 Å². The van der Waals surface area contributed by atoms with Crippen LogP contribution in [0.3, 0.4) is 0 Å². The second-order valence-corrected chi connectivity index (χ2v) is 5.21. The van der Waals surface area contributed by atoms with Gasteiger partial charge in [-0.3, -0.25) is 0 Å². The van der Waals surface area contributed by atoms with Crippen LogP contribution in [0.5, 0.6) is 5.75 Å². The summed E-state index contributed by atoms with van der Waals surface area (Å²) in [6, 6.07) is 17.9. The highest BCUT2D eigenvalue weighted by Crippen LogP contribution is 2.23. The maximum Gasteiger partial charge on any atom is 0.123 e. The van der Waals surface area contributed by atoms with Crippen molar-refractivity contribution in [1.29, 1.82) is 0 Å². The highest BCUT2D eigenvalue weighted by atomic mass is 16.5. The fourth-order valence-corrected chi connectivity index (χ4v) is 2.43. The number of ether oxygens (including phenoxy) is 1. The van der Waals surface area contributed by atoms with Gasteiger partial charge in [-0.1, -0.05) is 42.5 Å². The Morgan fingerprint density at radius 3 is 2.73 bits per heavy atom. The molecule has 1 aromatic heterocycles. The van der Waals surface area contributed by atoms with E-state index in [1.54, 1.807) is 7.11 Å². The van der Waals surface area contributed by atoms with Crippen LogP contribution in [-0.2, 0) is 6.42 Å². The highest BCUT2D eigenvalue weighted by molar-refractivity contribution is 5.60. The number of imidazole rings is 1. The van der Waals surface area contributed by atoms with Crippen molar-refractivity contribution in [2.45, 2.75) is 12.5 Å². The van der Waals surface area contributed by atoms with Crippen LogP contribution in [0.2, 0.25) is 0 Å². The van der Waals surface area contributed by atoms with E-state index < -0.39 is 0 Å². The smallest absolute Gasteiger partial charge is 0.123 e. The fraction of sp³-hybridized carbons (Fsp3) is 0.167. The lowest BCUT2D eigenvalue weighted by Crippen LogP contribution is -2.14. The molecule has 0 amide bonds. The molecule has 1 heterocycles. The Hall–Kier alpha value is -2.59. The summed E-state index contributed by atoms with van der Waals surface area (Å²) in [6.07, 6.45) is 2.57. The van der Waals surface area contributed by atoms with Gasteiger partial charge in [-0.05, 0) is 24.1 Å². The number of nitrogens with one attached hydrogen (secondary N) is 1. The van der Waals surface area contributed by atoms with E-state index in [0.717, 1.165) is 29.3 Å². The molecule has 0 aliphatic carbocycles. The molecule has 0 fully saturated rings. The lowest BCUT2D eigenvalue weighted by molar-refractivity contribution is 0.415. The second kappa shape index (κ2) is 6.45. The minimum atomic E-state index is -0.151. The van der Waals surface area contributed by atoms with Gasteiger partial charge in [0.1, 0.15) is 11.6 Å². The molecule has 2 aromatic carbocycles. The van der Waals surface area contributed by atoms with Crippen molar-refractivity contribution in [2.75, 3.05) is 7.11 Å². The molecule has 4 nitrogen and oxygen atoms in total. The summed E-state index contributed by atoms with van der Waals surface area (Å²) < 4.78 is 5.25. The molecule has 0 unspecified atom stereocenters. The Kier molecular flexibility index (Phi) is 4.21. The molecule has 22 heavy (non-hydrogen) atoms. The summed E-state index contributed by atoms with van der Waals surface area (Å²) in [5.74, 6) is 1.61. The molecule has 4 heteroatoms. The van der Waals surface area contributed by atoms with Gasteiger partial charge in [0.15, 0.2) is 0 Å². The molecule has 0 spiro atoms. The number of benzene rings is 2. The van der Waals surface area contributed by atoms with E-state index in [1.165, 1.54) is 5.56 Å². The van der Waals surface area contributed by atoms with Gasteiger partial charge < -0.3 is 15.5 Å². The number of nitrogens with two attached hydrogens (primary N) is 1. The van der Waals surface area contributed by atoms with Gasteiger partial charge in [0.25, 0.3) is 0 Å². The summed E-state index contributed by atoms with van der Waals surface area (Å²) in [7, 11) is 1.66. The van der Waals surface area contributed by atoms with Gasteiger partial charge >= 0.3 is 0 Å². The van der Waals surface area contributed by atoms with Gasteiger partial charge in [0.05, 0.1) is 25.0 Å². The van der Waals surface area contributed by atoms with E-state index in [0.29, 0.717) is 0 Å². The second-order valence-electron chi connectivity index (χ2n) is 5.21. The van der Waals surface area contributed by atoms with Crippen molar-refractivity contribution in [3.8, 4) is 17.0 Å². The van der Waals surface area contributed by atoms with Crippen LogP contribution >= 0.6 is 0 Å². The lowest BCUT2D eigenvalue weighted by atomic mass is 10.1. The summed E-state index contributed by atoms with van der Waals surface area (Å²) >= 11 is 0. The van der Waals surface area contributed by atoms with Crippen molar-refractivity contribution in [3.05, 3.63) is 72.2 Å². The number of aromatic nitrogens is 2. The monoisotopic (exact) mass is 293 g/mol. The zero-order valence-electron chi connectivity index (χ0n) is 12.5. The molecule has 0 saturated carbocycles. The number of rotatable bonds is 5. The van der Waals surface area contributed by atoms with Crippen molar-refractivity contribution < 1.29 is 4.74 Å². The van der Waals surface area contributed by atoms with Crippen LogP contribution in [0.4, 0.5) is 0 Å². The first-order valence-electron chi connectivity index (χ1n) is 7.25. The molecule has 3 N–H and O–H groups in total. The van der Waals surface area contributed by atoms with Crippen molar-refractivity contribution in [1.82, 2.24) is 9.97 Å². The topological polar surface area (TPSA) is 63.9 Å². The number of nitrogens with zero attached hydrogens (tertiary/aromatic N) is 1. The van der Waals surface area contributed by atoms with Crippen LogP contribution < -0.4 is 10.5 Å². The van der Waals surface area contributed by atoms with E-state index in [9.17, 15) is 0 Å². The van der Waals surface area contributed by atoms with E-state index in [1.807, 2.05) is 48.7 Å². The minimum absolute atomic E-state index is 0.151. The Balaban J connectivity index is 1.78. The third-order valence-electron chi connectivity index (χ3n) is 3.63. The predicted octanol–water partition coefficient (Wildman–Crippen LogP) is 3.33. The third-order valence-corrected chi connectivity index (χ3v) is 3.63. The van der Waals surface area contributed by atoms with Crippen LogP contribution in [-0.4, -0.2) is 17.1 Å². The SMILES string of the molecule is COc1cccc(-c2cnc([C@@H](N)Cc3ccccc3)[nH]2)c1. The van der Waals surface area contributed by atoms with Crippen molar-refractivity contribution >= 4 is 0 Å². The van der Waals surface area contributed by atoms with Crippen LogP contribution in [0.1, 0.15) is 17.4 Å². The number of hydrogen-bond donors (Lipinski definition) is 2. The normalized spacial score (nSPS) is 12.1. The summed E-state index contributed by atoms with van der Waals surface area (Å²) in [5.41, 5.74) is 9.43. The number of hydrogen-bond acceptors (Lipinski definition) is 3. The Labute approximate surface area is 130 Å². The fourth-order valence-electron chi connectivity index (χ4n) is 2.43. The van der Waals surface area contributed by atoms with Gasteiger partial charge in [-0.15, -0.1) is 0 Å². The molecule has 0 bridgehead atoms. The first kappa shape index (κ1) is 14.4. The number of methoxy groups -OCH3 is 1. The zero-order chi connectivity index (χ0) is 15.4. The maximum absolute atomic E-state index is 6.26. The third kappa shape index (κ3) is 3.18. The van der Waals surface area contributed by atoms with Crippen LogP contribution in [0, 0.1) is 0 Å². The molecule has 3 rings (SSSR count). The van der Waals surface area contributed by atoms with E-state index in [-0.39, 0.29) is 6.04 Å². The number of H-pyrrole nitrogens is 1. The Morgan fingerprint density at radius 1 is 1.14 bits per heavy atom. The van der Waals surface area contributed by atoms with E-state index in [4.69, 9.17) is 10.5 Å². The highest BCUT2D eigenvalue weighted by Gasteiger charge is 2.12. The molecule has 0 aliphatic heterocycles. The Morgan fingerprint density at radius 2 is 1.95 bits per heavy atom. The Bertz CT molecular complexity index is 737. The standard InChI is InChI=1S/C18H19N3O/c1-22-15-9-5-8-14(11-15)17-12-20-18(21-17)16(19)10-13-6-3-2-4-7-13/h2-9,11-12,16H,10,19H2,1H3,(H,20,21)/t16-/m0/s1. The van der Waals surface area contributed by atoms with Crippen molar-refractivity contribution in [3.63, 3.8) is 0 Å². The molecule has 112 valence electrons. The molecule has 1 atom stereocenters. The summed E-state index contributed by atoms with van der Waals surface area (Å²) in [6.45, 7) is 0. The van der Waals surface area contributed by atoms with E-state index >= 15 is 0 Å². The first-order chi connectivity index (χ1) is 10.8. The van der Waals surface area contributed by atoms with Gasteiger partial charge in [-0.25, -0.2) is 4.98 Å². The molecule has 0 aliphatic rings. The largest absolute Gasteiger partial charge is 0.497 e. The van der Waals surface area contributed by atoms with Gasteiger partial charge in [-0.2, -0.15) is 0 Å². The number of aromatic amines is 1. The quantitative estimate of drug-likeness (QED) is 0.758. The minimum Gasteiger partial charge on any atom is -0.497 e. The molecule has 3 aromatic rings. The van der Waals surface area contributed by atoms with Gasteiger partial charge in [0, 0.05) is 5.56 Å². The lowest BCUT2D eigenvalue weighted by Gasteiger charge is -2.08. The predicted molar refractivity (Wildman–Crippen MR) is 87.7 cm³/mol. The van der Waals surface area contributed by atoms with Crippen LogP contribution in [0.15, 0.2) is 60.8 Å². The molecule has 0 saturated heterocycles. The van der Waals surface area contributed by atoms with Gasteiger partial charge in [0.2, 0.25) is 0 Å². The molecular weight excluding hydrogens is 274 g/mol. The summed E-state index contributed by atoms with van der Waals surface area (Å²) in [4.78, 5) is 7.73. The van der Waals surface area contributed by atoms with Crippen molar-refractivity contribution in [2.24, 2.45) is 5.73 Å². The first-order valence-corrected chi connectivity index (χ1v) is 7.25. The average Bonchev–Trinajstić information content (AvgIpc) is 3.06. The summed E-state index contributed by atoms with van der Waals surface area (Å²) in [5, 5.41) is 0. The maximum atomic E-state index is 6.26. The molecule has 0 radical (unpaired) electrons. The average molecular weight is 293 g/mol. The zero-order valence-corrected chi connectivity index (χ0v) is 12.5. The van der Waals surface area contributed by atoms with E-state index in [2.05, 4.69) is 22.1 Å².